The van der Waals surface area contributed by atoms with Crippen LogP contribution in [0, 0.1) is 12.3 Å². The van der Waals surface area contributed by atoms with E-state index < -0.39 is 0 Å². The number of hydrogen-bond acceptors (Lipinski definition) is 3. The van der Waals surface area contributed by atoms with Gasteiger partial charge < -0.3 is 0 Å². The molecule has 1 saturated heterocycles. The molecule has 1 N–H and O–H groups in total. The minimum absolute atomic E-state index is 0.102. The van der Waals surface area contributed by atoms with E-state index in [0.29, 0.717) is 0 Å². The summed E-state index contributed by atoms with van der Waals surface area (Å²) in [5, 5.41) is 2.24. The average Bonchev–Trinajstić information content (AvgIpc) is 2.12. The van der Waals surface area contributed by atoms with Gasteiger partial charge in [-0.2, -0.15) is 0 Å². The van der Waals surface area contributed by atoms with Crippen LogP contribution < -0.4 is 5.32 Å². The third-order valence-corrected chi connectivity index (χ3v) is 2.17. The highest BCUT2D eigenvalue weighted by Gasteiger charge is 2.26. The summed E-state index contributed by atoms with van der Waals surface area (Å²) in [5.41, 5.74) is 0. The Balaban J connectivity index is 2.62. The smallest absolute Gasteiger partial charge is 0.240 e. The van der Waals surface area contributed by atoms with Crippen molar-refractivity contribution in [3.8, 4) is 12.3 Å². The number of piperazine rings is 1. The molecule has 1 unspecified atom stereocenters. The summed E-state index contributed by atoms with van der Waals surface area (Å²) in [6.07, 6.45) is 7.11. The standard InChI is InChI=1S/C10H14N2O2/c1-3-5-8(4-2)12-6-9(13)11-10(14)7-12/h2,8H,3,5-7H2,1H3,(H,11,13,14). The molecule has 1 heterocycles. The van der Waals surface area contributed by atoms with Gasteiger partial charge in [-0.15, -0.1) is 6.42 Å². The number of nitrogens with zero attached hydrogens (tertiary/aromatic N) is 1. The molecule has 0 saturated carbocycles. The number of terminal acetylenes is 1. The second-order valence-electron chi connectivity index (χ2n) is 3.35. The molecule has 1 atom stereocenters. The van der Waals surface area contributed by atoms with Gasteiger partial charge in [0.15, 0.2) is 0 Å². The number of nitrogens with one attached hydrogen (secondary N) is 1. The van der Waals surface area contributed by atoms with Crippen LogP contribution >= 0.6 is 0 Å². The number of carbonyl (C=O) groups is 2. The Morgan fingerprint density at radius 3 is 2.50 bits per heavy atom. The van der Waals surface area contributed by atoms with Crippen molar-refractivity contribution < 1.29 is 9.59 Å². The van der Waals surface area contributed by atoms with Crippen molar-refractivity contribution >= 4 is 11.8 Å². The molecular formula is C10H14N2O2. The fourth-order valence-corrected chi connectivity index (χ4v) is 1.52. The first kappa shape index (κ1) is 10.7. The Hall–Kier alpha value is -1.34. The highest BCUT2D eigenvalue weighted by molar-refractivity contribution is 5.99. The largest absolute Gasteiger partial charge is 0.294 e. The van der Waals surface area contributed by atoms with Crippen molar-refractivity contribution in [2.45, 2.75) is 25.8 Å². The normalized spacial score (nSPS) is 20.0. The van der Waals surface area contributed by atoms with Crippen LogP contribution in [0.3, 0.4) is 0 Å². The van der Waals surface area contributed by atoms with Crippen LogP contribution in [0.25, 0.3) is 0 Å². The molecule has 76 valence electrons. The molecule has 1 fully saturated rings. The summed E-state index contributed by atoms with van der Waals surface area (Å²) in [5.74, 6) is 2.08. The molecule has 0 aromatic rings. The molecule has 0 aliphatic carbocycles. The quantitative estimate of drug-likeness (QED) is 0.497. The number of imide groups is 1. The number of hydrogen-bond donors (Lipinski definition) is 1. The summed E-state index contributed by atoms with van der Waals surface area (Å²) >= 11 is 0. The molecule has 14 heavy (non-hydrogen) atoms. The van der Waals surface area contributed by atoms with Gasteiger partial charge in [-0.1, -0.05) is 19.3 Å². The van der Waals surface area contributed by atoms with Gasteiger partial charge in [0.25, 0.3) is 0 Å². The van der Waals surface area contributed by atoms with E-state index in [1.54, 1.807) is 4.90 Å². The van der Waals surface area contributed by atoms with E-state index in [1.807, 2.05) is 6.92 Å². The van der Waals surface area contributed by atoms with Crippen LogP contribution in [0.4, 0.5) is 0 Å². The highest BCUT2D eigenvalue weighted by Crippen LogP contribution is 2.07. The Kier molecular flexibility index (Phi) is 3.66. The van der Waals surface area contributed by atoms with Crippen molar-refractivity contribution in [3.63, 3.8) is 0 Å². The van der Waals surface area contributed by atoms with Crippen LogP contribution in [0.5, 0.6) is 0 Å². The molecule has 1 rings (SSSR count). The van der Waals surface area contributed by atoms with Crippen LogP contribution in [0.2, 0.25) is 0 Å². The van der Waals surface area contributed by atoms with Gasteiger partial charge in [-0.05, 0) is 6.42 Å². The van der Waals surface area contributed by atoms with Crippen LogP contribution in [-0.4, -0.2) is 35.8 Å². The lowest BCUT2D eigenvalue weighted by molar-refractivity contribution is -0.136. The minimum atomic E-state index is -0.266. The summed E-state index contributed by atoms with van der Waals surface area (Å²) in [6, 6.07) is -0.102. The Labute approximate surface area is 83.6 Å². The number of amides is 2. The monoisotopic (exact) mass is 194 g/mol. The Morgan fingerprint density at radius 1 is 1.50 bits per heavy atom. The van der Waals surface area contributed by atoms with Crippen molar-refractivity contribution in [1.82, 2.24) is 10.2 Å². The van der Waals surface area contributed by atoms with Crippen LogP contribution in [-0.2, 0) is 9.59 Å². The van der Waals surface area contributed by atoms with Gasteiger partial charge in [0.05, 0.1) is 19.1 Å². The van der Waals surface area contributed by atoms with Crippen LogP contribution in [0.1, 0.15) is 19.8 Å². The minimum Gasteiger partial charge on any atom is -0.294 e. The predicted octanol–water partition coefficient (Wildman–Crippen LogP) is -0.253. The van der Waals surface area contributed by atoms with E-state index in [4.69, 9.17) is 6.42 Å². The first-order chi connectivity index (χ1) is 6.67. The van der Waals surface area contributed by atoms with Gasteiger partial charge in [-0.25, -0.2) is 0 Å². The maximum atomic E-state index is 11.1. The van der Waals surface area contributed by atoms with E-state index in [2.05, 4.69) is 11.2 Å². The third-order valence-electron chi connectivity index (χ3n) is 2.17. The number of carbonyl (C=O) groups excluding carboxylic acids is 2. The lowest BCUT2D eigenvalue weighted by Crippen LogP contribution is -2.54. The van der Waals surface area contributed by atoms with Gasteiger partial charge >= 0.3 is 0 Å². The van der Waals surface area contributed by atoms with Crippen molar-refractivity contribution in [1.29, 1.82) is 0 Å². The van der Waals surface area contributed by atoms with E-state index >= 15 is 0 Å². The topological polar surface area (TPSA) is 49.4 Å². The highest BCUT2D eigenvalue weighted by atomic mass is 16.2. The molecule has 0 aromatic carbocycles. The van der Waals surface area contributed by atoms with Crippen molar-refractivity contribution in [3.05, 3.63) is 0 Å². The second-order valence-corrected chi connectivity index (χ2v) is 3.35. The summed E-state index contributed by atoms with van der Waals surface area (Å²) < 4.78 is 0. The van der Waals surface area contributed by atoms with E-state index in [1.165, 1.54) is 0 Å². The second kappa shape index (κ2) is 4.77. The first-order valence-electron chi connectivity index (χ1n) is 4.70. The van der Waals surface area contributed by atoms with Gasteiger partial charge in [0.1, 0.15) is 0 Å². The lowest BCUT2D eigenvalue weighted by atomic mass is 10.1. The first-order valence-corrected chi connectivity index (χ1v) is 4.70. The predicted molar refractivity (Wildman–Crippen MR) is 52.3 cm³/mol. The molecule has 0 radical (unpaired) electrons. The molecule has 2 amide bonds. The molecule has 1 aliphatic heterocycles. The van der Waals surface area contributed by atoms with Gasteiger partial charge in [-0.3, -0.25) is 19.8 Å². The van der Waals surface area contributed by atoms with E-state index in [9.17, 15) is 9.59 Å². The third kappa shape index (κ3) is 2.57. The maximum Gasteiger partial charge on any atom is 0.240 e. The molecule has 4 heteroatoms. The molecule has 0 bridgehead atoms. The maximum absolute atomic E-state index is 11.1. The van der Waals surface area contributed by atoms with Crippen molar-refractivity contribution in [2.24, 2.45) is 0 Å². The molecular weight excluding hydrogens is 180 g/mol. The Bertz CT molecular complexity index is 264. The van der Waals surface area contributed by atoms with Gasteiger partial charge in [0.2, 0.25) is 11.8 Å². The summed E-state index contributed by atoms with van der Waals surface area (Å²) in [6.45, 7) is 2.47. The summed E-state index contributed by atoms with van der Waals surface area (Å²) in [7, 11) is 0. The number of rotatable bonds is 3. The Morgan fingerprint density at radius 2 is 2.07 bits per heavy atom. The van der Waals surface area contributed by atoms with Crippen LogP contribution in [0.15, 0.2) is 0 Å². The zero-order chi connectivity index (χ0) is 10.6. The van der Waals surface area contributed by atoms with Crippen molar-refractivity contribution in [2.75, 3.05) is 13.1 Å². The molecule has 0 aromatic heterocycles. The fourth-order valence-electron chi connectivity index (χ4n) is 1.52. The molecule has 4 nitrogen and oxygen atoms in total. The zero-order valence-electron chi connectivity index (χ0n) is 8.25. The van der Waals surface area contributed by atoms with E-state index in [-0.39, 0.29) is 30.9 Å². The fraction of sp³-hybridized carbons (Fsp3) is 0.600. The molecule has 1 aliphatic rings. The average molecular weight is 194 g/mol. The van der Waals surface area contributed by atoms with E-state index in [0.717, 1.165) is 12.8 Å². The SMILES string of the molecule is C#CC(CCC)N1CC(=O)NC(=O)C1. The summed E-state index contributed by atoms with van der Waals surface area (Å²) in [4.78, 5) is 23.9. The van der Waals surface area contributed by atoms with Gasteiger partial charge in [0, 0.05) is 0 Å². The lowest BCUT2D eigenvalue weighted by Gasteiger charge is -2.29. The zero-order valence-corrected chi connectivity index (χ0v) is 8.25. The molecule has 0 spiro atoms.